The molecule has 0 unspecified atom stereocenters. The van der Waals surface area contributed by atoms with Crippen molar-refractivity contribution in [1.82, 2.24) is 10.3 Å². The number of H-pyrrole nitrogens is 1. The van der Waals surface area contributed by atoms with Crippen molar-refractivity contribution < 1.29 is 9.59 Å². The molecule has 0 atom stereocenters. The van der Waals surface area contributed by atoms with Crippen LogP contribution in [0.5, 0.6) is 0 Å². The van der Waals surface area contributed by atoms with Crippen LogP contribution in [-0.4, -0.2) is 23.2 Å². The van der Waals surface area contributed by atoms with E-state index in [-0.39, 0.29) is 22.2 Å². The van der Waals surface area contributed by atoms with Crippen LogP contribution in [0.1, 0.15) is 66.1 Å². The lowest BCUT2D eigenvalue weighted by Gasteiger charge is -2.30. The molecule has 0 fully saturated rings. The molecule has 1 heterocycles. The molecule has 1 aromatic heterocycles. The van der Waals surface area contributed by atoms with Gasteiger partial charge in [-0.25, -0.2) is 0 Å². The van der Waals surface area contributed by atoms with Gasteiger partial charge in [0.1, 0.15) is 5.56 Å². The van der Waals surface area contributed by atoms with E-state index in [0.29, 0.717) is 30.6 Å². The molecule has 1 aliphatic rings. The van der Waals surface area contributed by atoms with Crippen LogP contribution in [-0.2, 0) is 11.8 Å². The molecule has 0 saturated heterocycles. The Balaban J connectivity index is 1.80. The Bertz CT molecular complexity index is 988. The monoisotopic (exact) mass is 444 g/mol. The van der Waals surface area contributed by atoms with Gasteiger partial charge in [-0.3, -0.25) is 14.4 Å². The summed E-state index contributed by atoms with van der Waals surface area (Å²) in [6.45, 7) is 8.41. The smallest absolute Gasteiger partial charge is 0.261 e. The minimum Gasteiger partial charge on any atom is -0.351 e. The van der Waals surface area contributed by atoms with Crippen LogP contribution in [0.4, 0.5) is 0 Å². The van der Waals surface area contributed by atoms with E-state index in [0.717, 1.165) is 10.0 Å². The summed E-state index contributed by atoms with van der Waals surface area (Å²) < 4.78 is 0.990. The van der Waals surface area contributed by atoms with Crippen LogP contribution in [0.3, 0.4) is 0 Å². The maximum Gasteiger partial charge on any atom is 0.261 e. The molecule has 1 aliphatic carbocycles. The number of hydrogen-bond donors (Lipinski definition) is 2. The third-order valence-electron chi connectivity index (χ3n) is 5.28. The molecule has 28 heavy (non-hydrogen) atoms. The Labute approximate surface area is 173 Å². The lowest BCUT2D eigenvalue weighted by molar-refractivity contribution is 0.0910. The SMILES string of the molecule is CC1(C)CC(=O)c2cc(C(=O)NCC(C)(C)c3ccc(Br)cc3)c(=O)[nH]c2C1. The highest BCUT2D eigenvalue weighted by Gasteiger charge is 2.33. The summed E-state index contributed by atoms with van der Waals surface area (Å²) in [6, 6.07) is 9.37. The van der Waals surface area contributed by atoms with Gasteiger partial charge in [-0.2, -0.15) is 0 Å². The molecular weight excluding hydrogens is 420 g/mol. The molecule has 0 radical (unpaired) electrons. The van der Waals surface area contributed by atoms with Crippen molar-refractivity contribution >= 4 is 27.6 Å². The largest absolute Gasteiger partial charge is 0.351 e. The predicted molar refractivity (Wildman–Crippen MR) is 113 cm³/mol. The van der Waals surface area contributed by atoms with Gasteiger partial charge in [0.15, 0.2) is 5.78 Å². The predicted octanol–water partition coefficient (Wildman–Crippen LogP) is 4.00. The second kappa shape index (κ2) is 7.32. The van der Waals surface area contributed by atoms with Gasteiger partial charge in [-0.05, 0) is 35.6 Å². The zero-order chi connectivity index (χ0) is 20.7. The van der Waals surface area contributed by atoms with Crippen LogP contribution >= 0.6 is 15.9 Å². The minimum atomic E-state index is -0.466. The zero-order valence-corrected chi connectivity index (χ0v) is 18.2. The third-order valence-corrected chi connectivity index (χ3v) is 5.81. The molecule has 2 N–H and O–H groups in total. The quantitative estimate of drug-likeness (QED) is 0.747. The van der Waals surface area contributed by atoms with E-state index < -0.39 is 11.5 Å². The fourth-order valence-electron chi connectivity index (χ4n) is 3.60. The second-order valence-electron chi connectivity index (χ2n) is 8.92. The van der Waals surface area contributed by atoms with E-state index in [1.54, 1.807) is 0 Å². The number of hydrogen-bond acceptors (Lipinski definition) is 3. The Morgan fingerprint density at radius 1 is 1.18 bits per heavy atom. The summed E-state index contributed by atoms with van der Waals surface area (Å²) in [5.74, 6) is -0.501. The van der Waals surface area contributed by atoms with E-state index in [1.807, 2.05) is 52.0 Å². The van der Waals surface area contributed by atoms with Crippen LogP contribution in [0.15, 0.2) is 39.6 Å². The fraction of sp³-hybridized carbons (Fsp3) is 0.409. The van der Waals surface area contributed by atoms with Crippen molar-refractivity contribution in [2.24, 2.45) is 5.41 Å². The molecule has 3 rings (SSSR count). The number of nitrogens with one attached hydrogen (secondary N) is 2. The number of aromatic nitrogens is 1. The van der Waals surface area contributed by atoms with Crippen molar-refractivity contribution in [2.45, 2.75) is 46.0 Å². The number of aromatic amines is 1. The average molecular weight is 445 g/mol. The summed E-state index contributed by atoms with van der Waals surface area (Å²) in [4.78, 5) is 40.3. The van der Waals surface area contributed by atoms with Gasteiger partial charge in [0.2, 0.25) is 0 Å². The number of amides is 1. The second-order valence-corrected chi connectivity index (χ2v) is 9.83. The minimum absolute atomic E-state index is 0.0154. The maximum absolute atomic E-state index is 12.7. The van der Waals surface area contributed by atoms with Gasteiger partial charge in [-0.1, -0.05) is 55.8 Å². The molecule has 0 spiro atoms. The number of rotatable bonds is 4. The molecule has 1 amide bonds. The summed E-state index contributed by atoms with van der Waals surface area (Å²) in [5.41, 5.74) is 1.19. The summed E-state index contributed by atoms with van der Waals surface area (Å²) in [7, 11) is 0. The van der Waals surface area contributed by atoms with E-state index >= 15 is 0 Å². The molecular formula is C22H25BrN2O3. The van der Waals surface area contributed by atoms with Gasteiger partial charge in [0, 0.05) is 34.1 Å². The number of benzene rings is 1. The van der Waals surface area contributed by atoms with Gasteiger partial charge < -0.3 is 10.3 Å². The van der Waals surface area contributed by atoms with Crippen molar-refractivity contribution in [3.8, 4) is 0 Å². The van der Waals surface area contributed by atoms with Gasteiger partial charge in [0.25, 0.3) is 11.5 Å². The van der Waals surface area contributed by atoms with E-state index in [4.69, 9.17) is 0 Å². The number of carbonyl (C=O) groups is 2. The molecule has 2 aromatic rings. The molecule has 0 saturated carbocycles. The number of pyridine rings is 1. The summed E-state index contributed by atoms with van der Waals surface area (Å²) in [6.07, 6.45) is 1.02. The first kappa shape index (κ1) is 20.5. The number of halogens is 1. The van der Waals surface area contributed by atoms with E-state index in [2.05, 4.69) is 26.2 Å². The first-order chi connectivity index (χ1) is 13.0. The Morgan fingerprint density at radius 3 is 2.46 bits per heavy atom. The standard InChI is InChI=1S/C22H25BrN2O3/c1-21(2)10-17-15(18(26)11-21)9-16(20(28)25-17)19(27)24-12-22(3,4)13-5-7-14(23)8-6-13/h5-9H,10-12H2,1-4H3,(H,24,27)(H,25,28). The van der Waals surface area contributed by atoms with Crippen LogP contribution in [0.2, 0.25) is 0 Å². The van der Waals surface area contributed by atoms with Crippen LogP contribution in [0, 0.1) is 5.41 Å². The highest BCUT2D eigenvalue weighted by Crippen LogP contribution is 2.33. The van der Waals surface area contributed by atoms with Crippen LogP contribution < -0.4 is 10.9 Å². The first-order valence-electron chi connectivity index (χ1n) is 9.32. The Morgan fingerprint density at radius 2 is 1.82 bits per heavy atom. The van der Waals surface area contributed by atoms with Crippen LogP contribution in [0.25, 0.3) is 0 Å². The topological polar surface area (TPSA) is 79.0 Å². The Kier molecular flexibility index (Phi) is 5.36. The molecule has 1 aromatic carbocycles. The molecule has 6 heteroatoms. The zero-order valence-electron chi connectivity index (χ0n) is 16.6. The highest BCUT2D eigenvalue weighted by molar-refractivity contribution is 9.10. The number of Topliss-reactive ketones (excluding diaryl/α,β-unsaturated/α-hetero) is 1. The molecule has 0 bridgehead atoms. The molecule has 0 aliphatic heterocycles. The number of fused-ring (bicyclic) bond motifs is 1. The molecule has 5 nitrogen and oxygen atoms in total. The van der Waals surface area contributed by atoms with Gasteiger partial charge in [0.05, 0.1) is 0 Å². The maximum atomic E-state index is 12.7. The average Bonchev–Trinajstić information content (AvgIpc) is 2.58. The van der Waals surface area contributed by atoms with Crippen molar-refractivity contribution in [3.05, 3.63) is 67.5 Å². The van der Waals surface area contributed by atoms with E-state index in [9.17, 15) is 14.4 Å². The summed E-state index contributed by atoms with van der Waals surface area (Å²) >= 11 is 3.42. The first-order valence-corrected chi connectivity index (χ1v) is 10.1. The van der Waals surface area contributed by atoms with Gasteiger partial charge >= 0.3 is 0 Å². The van der Waals surface area contributed by atoms with E-state index in [1.165, 1.54) is 6.07 Å². The van der Waals surface area contributed by atoms with Crippen molar-refractivity contribution in [2.75, 3.05) is 6.54 Å². The fourth-order valence-corrected chi connectivity index (χ4v) is 3.86. The summed E-state index contributed by atoms with van der Waals surface area (Å²) in [5, 5.41) is 2.85. The number of ketones is 1. The lowest BCUT2D eigenvalue weighted by atomic mass is 9.75. The van der Waals surface area contributed by atoms with Crippen molar-refractivity contribution in [3.63, 3.8) is 0 Å². The van der Waals surface area contributed by atoms with Gasteiger partial charge in [-0.15, -0.1) is 0 Å². The highest BCUT2D eigenvalue weighted by atomic mass is 79.9. The lowest BCUT2D eigenvalue weighted by Crippen LogP contribution is -2.39. The third kappa shape index (κ3) is 4.27. The number of carbonyl (C=O) groups excluding carboxylic acids is 2. The normalized spacial score (nSPS) is 15.8. The molecule has 148 valence electrons. The Hall–Kier alpha value is -2.21. The van der Waals surface area contributed by atoms with Crippen molar-refractivity contribution in [1.29, 1.82) is 0 Å².